The second-order valence-electron chi connectivity index (χ2n) is 11.5. The van der Waals surface area contributed by atoms with E-state index in [2.05, 4.69) is 15.6 Å². The van der Waals surface area contributed by atoms with Gasteiger partial charge >= 0.3 is 6.03 Å². The molecule has 3 amide bonds. The molecule has 4 aliphatic carbocycles. The zero-order valence-corrected chi connectivity index (χ0v) is 19.7. The summed E-state index contributed by atoms with van der Waals surface area (Å²) >= 11 is 1.65. The van der Waals surface area contributed by atoms with Gasteiger partial charge in [-0.25, -0.2) is 4.79 Å². The van der Waals surface area contributed by atoms with Gasteiger partial charge in [-0.05, 0) is 109 Å². The summed E-state index contributed by atoms with van der Waals surface area (Å²) in [5.41, 5.74) is 1.38. The van der Waals surface area contributed by atoms with Crippen LogP contribution in [0.1, 0.15) is 63.4 Å². The first-order chi connectivity index (χ1) is 15.5. The lowest BCUT2D eigenvalue weighted by atomic mass is 9.53. The van der Waals surface area contributed by atoms with E-state index in [0.29, 0.717) is 0 Å². The number of hydrogen-bond donors (Lipinski definition) is 1. The van der Waals surface area contributed by atoms with Crippen molar-refractivity contribution in [2.45, 2.75) is 63.3 Å². The van der Waals surface area contributed by atoms with Crippen LogP contribution in [0.15, 0.2) is 22.9 Å². The van der Waals surface area contributed by atoms with Crippen molar-refractivity contribution in [3.63, 3.8) is 0 Å². The van der Waals surface area contributed by atoms with Crippen LogP contribution in [0.5, 0.6) is 0 Å². The van der Waals surface area contributed by atoms with Crippen LogP contribution in [0, 0.1) is 23.2 Å². The van der Waals surface area contributed by atoms with Crippen molar-refractivity contribution < 1.29 is 9.59 Å². The molecule has 6 heteroatoms. The number of nitrogens with zero attached hydrogens (tertiary/aromatic N) is 2. The maximum absolute atomic E-state index is 13.3. The molecule has 6 aliphatic rings. The van der Waals surface area contributed by atoms with E-state index in [1.165, 1.54) is 38.5 Å². The van der Waals surface area contributed by atoms with Crippen LogP contribution in [-0.4, -0.2) is 53.5 Å². The third-order valence-electron chi connectivity index (χ3n) is 9.23. The summed E-state index contributed by atoms with van der Waals surface area (Å²) < 4.78 is 0. The van der Waals surface area contributed by atoms with Crippen LogP contribution >= 0.6 is 11.3 Å². The second-order valence-corrected chi connectivity index (χ2v) is 12.3. The minimum Gasteiger partial charge on any atom is -0.339 e. The normalized spacial score (nSPS) is 35.2. The summed E-state index contributed by atoms with van der Waals surface area (Å²) in [6, 6.07) is 2.21. The number of thiophene rings is 1. The van der Waals surface area contributed by atoms with E-state index in [0.717, 1.165) is 68.8 Å². The summed E-state index contributed by atoms with van der Waals surface area (Å²) in [7, 11) is 0. The minimum atomic E-state index is 0.0894. The van der Waals surface area contributed by atoms with E-state index < -0.39 is 0 Å². The lowest BCUT2D eigenvalue weighted by Crippen LogP contribution is -2.61. The van der Waals surface area contributed by atoms with Crippen molar-refractivity contribution in [2.24, 2.45) is 23.2 Å². The molecule has 4 bridgehead atoms. The Labute approximate surface area is 195 Å². The molecule has 6 fully saturated rings. The van der Waals surface area contributed by atoms with Crippen molar-refractivity contribution >= 4 is 29.4 Å². The summed E-state index contributed by atoms with van der Waals surface area (Å²) in [6.45, 7) is 3.33. The molecule has 4 saturated carbocycles. The minimum absolute atomic E-state index is 0.0894. The largest absolute Gasteiger partial charge is 0.339 e. The molecule has 7 rings (SSSR count). The van der Waals surface area contributed by atoms with Crippen molar-refractivity contribution in [1.29, 1.82) is 0 Å². The molecule has 1 aromatic heterocycles. The van der Waals surface area contributed by atoms with Crippen molar-refractivity contribution in [3.8, 4) is 0 Å². The molecule has 0 radical (unpaired) electrons. The highest BCUT2D eigenvalue weighted by molar-refractivity contribution is 7.08. The van der Waals surface area contributed by atoms with E-state index in [9.17, 15) is 9.59 Å². The third kappa shape index (κ3) is 3.89. The smallest absolute Gasteiger partial charge is 0.317 e. The Morgan fingerprint density at radius 3 is 2.19 bits per heavy atom. The molecule has 172 valence electrons. The number of amides is 3. The van der Waals surface area contributed by atoms with E-state index in [1.807, 2.05) is 22.4 Å². The van der Waals surface area contributed by atoms with Crippen LogP contribution in [-0.2, 0) is 4.79 Å². The molecule has 32 heavy (non-hydrogen) atoms. The highest BCUT2D eigenvalue weighted by Gasteiger charge is 2.52. The number of piperidine rings is 1. The van der Waals surface area contributed by atoms with Crippen LogP contribution in [0.3, 0.4) is 0 Å². The molecule has 5 nitrogen and oxygen atoms in total. The van der Waals surface area contributed by atoms with Crippen LogP contribution < -0.4 is 5.32 Å². The first kappa shape index (κ1) is 20.8. The predicted molar refractivity (Wildman–Crippen MR) is 127 cm³/mol. The molecule has 1 aromatic rings. The van der Waals surface area contributed by atoms with Gasteiger partial charge in [-0.2, -0.15) is 11.3 Å². The number of nitrogens with one attached hydrogen (secondary N) is 1. The number of hydrogen-bond acceptors (Lipinski definition) is 3. The lowest BCUT2D eigenvalue weighted by Gasteiger charge is -2.57. The van der Waals surface area contributed by atoms with Crippen LogP contribution in [0.4, 0.5) is 4.79 Å². The Hall–Kier alpha value is -1.82. The van der Waals surface area contributed by atoms with Gasteiger partial charge in [0, 0.05) is 37.8 Å². The Morgan fingerprint density at radius 2 is 1.59 bits per heavy atom. The zero-order chi connectivity index (χ0) is 21.8. The van der Waals surface area contributed by atoms with Crippen LogP contribution in [0.25, 0.3) is 6.08 Å². The predicted octanol–water partition coefficient (Wildman–Crippen LogP) is 4.75. The molecular formula is C26H35N3O2S. The van der Waals surface area contributed by atoms with Gasteiger partial charge in [0.2, 0.25) is 5.91 Å². The molecule has 0 unspecified atom stereocenters. The molecule has 1 spiro atoms. The molecule has 0 aromatic carbocycles. The van der Waals surface area contributed by atoms with E-state index in [-0.39, 0.29) is 22.9 Å². The van der Waals surface area contributed by atoms with Gasteiger partial charge in [-0.1, -0.05) is 0 Å². The highest BCUT2D eigenvalue weighted by atomic mass is 32.1. The topological polar surface area (TPSA) is 52.7 Å². The van der Waals surface area contributed by atoms with E-state index in [1.54, 1.807) is 17.4 Å². The van der Waals surface area contributed by atoms with Gasteiger partial charge in [0.15, 0.2) is 0 Å². The monoisotopic (exact) mass is 453 g/mol. The number of likely N-dealkylation sites (tertiary alicyclic amines) is 2. The highest BCUT2D eigenvalue weighted by Crippen LogP contribution is 2.55. The Morgan fingerprint density at radius 1 is 0.969 bits per heavy atom. The third-order valence-corrected chi connectivity index (χ3v) is 9.93. The van der Waals surface area contributed by atoms with Gasteiger partial charge < -0.3 is 15.1 Å². The average Bonchev–Trinajstić information content (AvgIpc) is 3.42. The zero-order valence-electron chi connectivity index (χ0n) is 18.9. The van der Waals surface area contributed by atoms with Crippen molar-refractivity contribution in [3.05, 3.63) is 28.5 Å². The maximum Gasteiger partial charge on any atom is 0.317 e. The van der Waals surface area contributed by atoms with Gasteiger partial charge in [0.05, 0.1) is 0 Å². The SMILES string of the molecule is O=C(/C=C/c1ccsc1)N1CCC2(CC1)CCN(C(=O)NC13CC4CC(CC(C4)C1)C3)C2. The summed E-state index contributed by atoms with van der Waals surface area (Å²) in [6.07, 6.45) is 14.5. The Kier molecular flexibility index (Phi) is 5.12. The lowest BCUT2D eigenvalue weighted by molar-refractivity contribution is -0.128. The van der Waals surface area contributed by atoms with Crippen LogP contribution in [0.2, 0.25) is 0 Å². The number of carbonyl (C=O) groups excluding carboxylic acids is 2. The summed E-state index contributed by atoms with van der Waals surface area (Å²) in [5.74, 6) is 2.66. The fraction of sp³-hybridized carbons (Fsp3) is 0.692. The molecule has 3 heterocycles. The molecule has 2 aliphatic heterocycles. The van der Waals surface area contributed by atoms with Crippen molar-refractivity contribution in [2.75, 3.05) is 26.2 Å². The van der Waals surface area contributed by atoms with Gasteiger partial charge in [0.25, 0.3) is 0 Å². The van der Waals surface area contributed by atoms with Crippen molar-refractivity contribution in [1.82, 2.24) is 15.1 Å². The number of urea groups is 1. The molecule has 0 atom stereocenters. The molecule has 1 N–H and O–H groups in total. The average molecular weight is 454 g/mol. The fourth-order valence-electron chi connectivity index (χ4n) is 7.93. The second kappa shape index (κ2) is 7.89. The van der Waals surface area contributed by atoms with Gasteiger partial charge in [-0.3, -0.25) is 4.79 Å². The standard InChI is InChI=1S/C26H35N3O2S/c30-23(2-1-19-3-10-32-17-19)28-7-4-25(5-8-28)6-9-29(18-25)24(31)27-26-14-20-11-21(15-26)13-22(12-20)16-26/h1-3,10,17,20-22H,4-9,11-16,18H2,(H,27,31)/b2-1+. The number of rotatable bonds is 3. The fourth-order valence-corrected chi connectivity index (χ4v) is 8.56. The van der Waals surface area contributed by atoms with E-state index in [4.69, 9.17) is 0 Å². The Balaban J connectivity index is 1.02. The summed E-state index contributed by atoms with van der Waals surface area (Å²) in [5, 5.41) is 7.64. The molecule has 2 saturated heterocycles. The quantitative estimate of drug-likeness (QED) is 0.671. The maximum atomic E-state index is 13.3. The van der Waals surface area contributed by atoms with Gasteiger partial charge in [-0.15, -0.1) is 0 Å². The first-order valence-electron chi connectivity index (χ1n) is 12.6. The van der Waals surface area contributed by atoms with E-state index >= 15 is 0 Å². The summed E-state index contributed by atoms with van der Waals surface area (Å²) in [4.78, 5) is 29.9. The molecular weight excluding hydrogens is 418 g/mol. The first-order valence-corrected chi connectivity index (χ1v) is 13.5. The number of carbonyl (C=O) groups is 2. The Bertz CT molecular complexity index is 865. The van der Waals surface area contributed by atoms with Gasteiger partial charge in [0.1, 0.15) is 0 Å².